The maximum atomic E-state index is 12.4. The molecular formula is C19H20N2O6. The maximum absolute atomic E-state index is 12.4. The van der Waals surface area contributed by atoms with Crippen molar-refractivity contribution in [2.75, 3.05) is 20.8 Å². The van der Waals surface area contributed by atoms with Crippen molar-refractivity contribution >= 4 is 17.6 Å². The van der Waals surface area contributed by atoms with Crippen LogP contribution in [0.4, 0.5) is 5.69 Å². The first-order chi connectivity index (χ1) is 12.8. The zero-order valence-electron chi connectivity index (χ0n) is 15.2. The van der Waals surface area contributed by atoms with E-state index in [2.05, 4.69) is 4.74 Å². The van der Waals surface area contributed by atoms with Crippen molar-refractivity contribution in [1.29, 1.82) is 0 Å². The molecule has 0 aliphatic heterocycles. The number of methoxy groups -OCH3 is 1. The standard InChI is InChI=1S/C19H20N2O6/c1-13(14-7-5-4-6-8-14)20(2)18(22)12-27-17-10-9-15(19(23)26-3)11-16(17)21(24)25/h4-11,13H,12H2,1-3H3/t13-/m1/s1. The zero-order chi connectivity index (χ0) is 20.0. The van der Waals surface area contributed by atoms with Crippen molar-refractivity contribution in [3.8, 4) is 5.75 Å². The van der Waals surface area contributed by atoms with Crippen molar-refractivity contribution in [2.45, 2.75) is 13.0 Å². The summed E-state index contributed by atoms with van der Waals surface area (Å²) >= 11 is 0. The highest BCUT2D eigenvalue weighted by Gasteiger charge is 2.22. The van der Waals surface area contributed by atoms with Gasteiger partial charge in [-0.25, -0.2) is 4.79 Å². The molecule has 8 heteroatoms. The van der Waals surface area contributed by atoms with Gasteiger partial charge in [-0.2, -0.15) is 0 Å². The second-order valence-electron chi connectivity index (χ2n) is 5.81. The number of amides is 1. The van der Waals surface area contributed by atoms with Gasteiger partial charge < -0.3 is 14.4 Å². The number of rotatable bonds is 7. The van der Waals surface area contributed by atoms with Gasteiger partial charge in [0.25, 0.3) is 5.91 Å². The Balaban J connectivity index is 2.10. The number of hydrogen-bond acceptors (Lipinski definition) is 6. The largest absolute Gasteiger partial charge is 0.477 e. The van der Waals surface area contributed by atoms with E-state index in [0.29, 0.717) is 0 Å². The lowest BCUT2D eigenvalue weighted by Crippen LogP contribution is -2.33. The highest BCUT2D eigenvalue weighted by molar-refractivity contribution is 5.90. The Morgan fingerprint density at radius 3 is 2.44 bits per heavy atom. The molecule has 0 saturated carbocycles. The van der Waals surface area contributed by atoms with Gasteiger partial charge in [-0.3, -0.25) is 14.9 Å². The lowest BCUT2D eigenvalue weighted by atomic mass is 10.1. The maximum Gasteiger partial charge on any atom is 0.338 e. The second kappa shape index (κ2) is 8.79. The molecule has 8 nitrogen and oxygen atoms in total. The number of nitrogens with zero attached hydrogens (tertiary/aromatic N) is 2. The van der Waals surface area contributed by atoms with E-state index in [1.165, 1.54) is 24.1 Å². The first kappa shape index (κ1) is 19.9. The number of carbonyl (C=O) groups excluding carboxylic acids is 2. The summed E-state index contributed by atoms with van der Waals surface area (Å²) < 4.78 is 9.90. The molecular weight excluding hydrogens is 352 g/mol. The van der Waals surface area contributed by atoms with Crippen molar-refractivity contribution in [2.24, 2.45) is 0 Å². The summed E-state index contributed by atoms with van der Waals surface area (Å²) in [4.78, 5) is 36.0. The molecule has 0 radical (unpaired) electrons. The molecule has 2 aromatic carbocycles. The van der Waals surface area contributed by atoms with E-state index < -0.39 is 16.6 Å². The molecule has 0 aromatic heterocycles. The summed E-state index contributed by atoms with van der Waals surface area (Å²) in [5.41, 5.74) is 0.573. The van der Waals surface area contributed by atoms with Gasteiger partial charge in [-0.1, -0.05) is 30.3 Å². The smallest absolute Gasteiger partial charge is 0.338 e. The zero-order valence-corrected chi connectivity index (χ0v) is 15.2. The summed E-state index contributed by atoms with van der Waals surface area (Å²) in [6, 6.07) is 13.0. The van der Waals surface area contributed by atoms with Crippen molar-refractivity contribution in [3.63, 3.8) is 0 Å². The fourth-order valence-corrected chi connectivity index (χ4v) is 2.44. The van der Waals surface area contributed by atoms with Crippen LogP contribution in [0, 0.1) is 10.1 Å². The number of nitro benzene ring substituents is 1. The summed E-state index contributed by atoms with van der Waals surface area (Å²) in [6.07, 6.45) is 0. The number of likely N-dealkylation sites (N-methyl/N-ethyl adjacent to an activating group) is 1. The molecule has 0 heterocycles. The predicted octanol–water partition coefficient (Wildman–Crippen LogP) is 2.98. The molecule has 142 valence electrons. The monoisotopic (exact) mass is 372 g/mol. The lowest BCUT2D eigenvalue weighted by molar-refractivity contribution is -0.385. The van der Waals surface area contributed by atoms with Crippen LogP contribution in [0.25, 0.3) is 0 Å². The van der Waals surface area contributed by atoms with Crippen LogP contribution in [0.2, 0.25) is 0 Å². The van der Waals surface area contributed by atoms with Crippen LogP contribution in [-0.2, 0) is 9.53 Å². The van der Waals surface area contributed by atoms with E-state index in [0.717, 1.165) is 11.6 Å². The fourth-order valence-electron chi connectivity index (χ4n) is 2.44. The summed E-state index contributed by atoms with van der Waals surface area (Å²) in [5.74, 6) is -1.13. The number of carbonyl (C=O) groups is 2. The van der Waals surface area contributed by atoms with Crippen molar-refractivity contribution in [1.82, 2.24) is 4.90 Å². The van der Waals surface area contributed by atoms with Gasteiger partial charge in [0.1, 0.15) is 0 Å². The Morgan fingerprint density at radius 2 is 1.85 bits per heavy atom. The molecule has 0 fully saturated rings. The van der Waals surface area contributed by atoms with Crippen molar-refractivity contribution < 1.29 is 24.0 Å². The van der Waals surface area contributed by atoms with E-state index >= 15 is 0 Å². The van der Waals surface area contributed by atoms with Crippen LogP contribution in [0.15, 0.2) is 48.5 Å². The van der Waals surface area contributed by atoms with Gasteiger partial charge >= 0.3 is 11.7 Å². The van der Waals surface area contributed by atoms with Gasteiger partial charge in [-0.05, 0) is 24.6 Å². The molecule has 2 rings (SSSR count). The number of benzene rings is 2. The SMILES string of the molecule is COC(=O)c1ccc(OCC(=O)N(C)[C@H](C)c2ccccc2)c([N+](=O)[O-])c1. The molecule has 0 unspecified atom stereocenters. The van der Waals surface area contributed by atoms with Crippen LogP contribution in [0.5, 0.6) is 5.75 Å². The van der Waals surface area contributed by atoms with E-state index in [1.807, 2.05) is 37.3 Å². The molecule has 1 atom stereocenters. The van der Waals surface area contributed by atoms with E-state index in [1.54, 1.807) is 7.05 Å². The number of hydrogen-bond donors (Lipinski definition) is 0. The predicted molar refractivity (Wildman–Crippen MR) is 97.6 cm³/mol. The Kier molecular flexibility index (Phi) is 6.48. The Hall–Kier alpha value is -3.42. The summed E-state index contributed by atoms with van der Waals surface area (Å²) in [6.45, 7) is 1.51. The number of nitro groups is 1. The van der Waals surface area contributed by atoms with Gasteiger partial charge in [0.05, 0.1) is 23.6 Å². The Bertz CT molecular complexity index is 837. The van der Waals surface area contributed by atoms with Crippen LogP contribution in [-0.4, -0.2) is 42.5 Å². The average molecular weight is 372 g/mol. The molecule has 0 N–H and O–H groups in total. The molecule has 0 saturated heterocycles. The molecule has 0 bridgehead atoms. The number of ether oxygens (including phenoxy) is 2. The van der Waals surface area contributed by atoms with Crippen LogP contribution in [0.3, 0.4) is 0 Å². The van der Waals surface area contributed by atoms with Crippen LogP contribution < -0.4 is 4.74 Å². The minimum absolute atomic E-state index is 0.0256. The number of esters is 1. The lowest BCUT2D eigenvalue weighted by Gasteiger charge is -2.25. The summed E-state index contributed by atoms with van der Waals surface area (Å²) in [5, 5.41) is 11.2. The third-order valence-corrected chi connectivity index (χ3v) is 4.18. The second-order valence-corrected chi connectivity index (χ2v) is 5.81. The highest BCUT2D eigenvalue weighted by Crippen LogP contribution is 2.28. The highest BCUT2D eigenvalue weighted by atomic mass is 16.6. The van der Waals surface area contributed by atoms with E-state index in [4.69, 9.17) is 4.74 Å². The Morgan fingerprint density at radius 1 is 1.19 bits per heavy atom. The topological polar surface area (TPSA) is 99.0 Å². The van der Waals surface area contributed by atoms with Gasteiger partial charge in [0, 0.05) is 13.1 Å². The van der Waals surface area contributed by atoms with Crippen LogP contribution >= 0.6 is 0 Å². The first-order valence-electron chi connectivity index (χ1n) is 8.15. The third-order valence-electron chi connectivity index (χ3n) is 4.18. The molecule has 1 amide bonds. The van der Waals surface area contributed by atoms with E-state index in [-0.39, 0.29) is 29.9 Å². The van der Waals surface area contributed by atoms with Gasteiger partial charge in [-0.15, -0.1) is 0 Å². The summed E-state index contributed by atoms with van der Waals surface area (Å²) in [7, 11) is 2.82. The molecule has 2 aromatic rings. The molecule has 0 aliphatic carbocycles. The Labute approximate surface area is 156 Å². The van der Waals surface area contributed by atoms with Gasteiger partial charge in [0.15, 0.2) is 12.4 Å². The average Bonchev–Trinajstić information content (AvgIpc) is 2.70. The minimum Gasteiger partial charge on any atom is -0.477 e. The molecule has 27 heavy (non-hydrogen) atoms. The third kappa shape index (κ3) is 4.81. The quantitative estimate of drug-likeness (QED) is 0.421. The van der Waals surface area contributed by atoms with Gasteiger partial charge in [0.2, 0.25) is 0 Å². The minimum atomic E-state index is -0.697. The normalized spacial score (nSPS) is 11.4. The van der Waals surface area contributed by atoms with Crippen LogP contribution in [0.1, 0.15) is 28.9 Å². The first-order valence-corrected chi connectivity index (χ1v) is 8.15. The fraction of sp³-hybridized carbons (Fsp3) is 0.263. The molecule has 0 aliphatic rings. The van der Waals surface area contributed by atoms with Crippen molar-refractivity contribution in [3.05, 3.63) is 69.8 Å². The molecule has 0 spiro atoms. The van der Waals surface area contributed by atoms with E-state index in [9.17, 15) is 19.7 Å².